The fourth-order valence-corrected chi connectivity index (χ4v) is 2.54. The summed E-state index contributed by atoms with van der Waals surface area (Å²) < 4.78 is 12.4. The molecule has 0 unspecified atom stereocenters. The minimum Gasteiger partial charge on any atom is -0.454 e. The molecule has 0 saturated carbocycles. The number of aryl methyl sites for hydroxylation is 1. The molecular formula is C15H16N6O2. The maximum Gasteiger partial charge on any atom is 0.231 e. The lowest BCUT2D eigenvalue weighted by Crippen LogP contribution is -2.10. The summed E-state index contributed by atoms with van der Waals surface area (Å²) in [5.41, 5.74) is 7.80. The summed E-state index contributed by atoms with van der Waals surface area (Å²) in [6, 6.07) is 5.94. The molecule has 0 aliphatic carbocycles. The highest BCUT2D eigenvalue weighted by atomic mass is 16.7. The third kappa shape index (κ3) is 2.48. The van der Waals surface area contributed by atoms with Gasteiger partial charge in [0.05, 0.1) is 11.6 Å². The van der Waals surface area contributed by atoms with Gasteiger partial charge in [0, 0.05) is 13.6 Å². The molecule has 0 amide bonds. The average molecular weight is 312 g/mol. The number of benzene rings is 1. The molecule has 3 N–H and O–H groups in total. The van der Waals surface area contributed by atoms with Gasteiger partial charge in [0.1, 0.15) is 5.82 Å². The topological polar surface area (TPSA) is 100 Å². The van der Waals surface area contributed by atoms with Crippen molar-refractivity contribution >= 4 is 22.8 Å². The van der Waals surface area contributed by atoms with Crippen molar-refractivity contribution in [1.82, 2.24) is 19.7 Å². The lowest BCUT2D eigenvalue weighted by atomic mass is 10.1. The second-order valence-corrected chi connectivity index (χ2v) is 5.30. The summed E-state index contributed by atoms with van der Waals surface area (Å²) in [6.07, 6.45) is 2.48. The first-order valence-electron chi connectivity index (χ1n) is 7.28. The van der Waals surface area contributed by atoms with Crippen LogP contribution in [0.15, 0.2) is 24.4 Å². The van der Waals surface area contributed by atoms with Crippen LogP contribution in [0.25, 0.3) is 11.0 Å². The van der Waals surface area contributed by atoms with Crippen molar-refractivity contribution in [2.24, 2.45) is 7.05 Å². The monoisotopic (exact) mass is 312 g/mol. The zero-order valence-electron chi connectivity index (χ0n) is 12.6. The molecule has 3 aromatic rings. The standard InChI is InChI=1S/C15H16N6O2/c1-21-14-10(7-18-21)13(16)19-15(20-14)17-5-4-9-2-3-11-12(6-9)23-8-22-11/h2-3,6-7H,4-5,8H2,1H3,(H3,16,17,19,20). The predicted octanol–water partition coefficient (Wildman–Crippen LogP) is 1.33. The first-order chi connectivity index (χ1) is 11.2. The Morgan fingerprint density at radius 2 is 2.13 bits per heavy atom. The highest BCUT2D eigenvalue weighted by molar-refractivity contribution is 5.86. The molecule has 1 aliphatic rings. The van der Waals surface area contributed by atoms with Gasteiger partial charge in [-0.15, -0.1) is 0 Å². The van der Waals surface area contributed by atoms with Crippen molar-refractivity contribution in [2.45, 2.75) is 6.42 Å². The van der Waals surface area contributed by atoms with Gasteiger partial charge in [-0.25, -0.2) is 0 Å². The van der Waals surface area contributed by atoms with E-state index in [1.165, 1.54) is 0 Å². The molecule has 4 rings (SSSR count). The highest BCUT2D eigenvalue weighted by Crippen LogP contribution is 2.32. The van der Waals surface area contributed by atoms with Crippen molar-refractivity contribution in [3.05, 3.63) is 30.0 Å². The second-order valence-electron chi connectivity index (χ2n) is 5.30. The van der Waals surface area contributed by atoms with E-state index in [2.05, 4.69) is 20.4 Å². The van der Waals surface area contributed by atoms with Crippen LogP contribution in [0, 0.1) is 0 Å². The number of nitrogens with two attached hydrogens (primary N) is 1. The zero-order valence-corrected chi connectivity index (χ0v) is 12.6. The van der Waals surface area contributed by atoms with Crippen molar-refractivity contribution in [2.75, 3.05) is 24.4 Å². The Balaban J connectivity index is 1.46. The largest absolute Gasteiger partial charge is 0.454 e. The van der Waals surface area contributed by atoms with Crippen molar-refractivity contribution in [1.29, 1.82) is 0 Å². The van der Waals surface area contributed by atoms with Gasteiger partial charge in [-0.3, -0.25) is 4.68 Å². The Morgan fingerprint density at radius 1 is 1.26 bits per heavy atom. The van der Waals surface area contributed by atoms with Crippen LogP contribution < -0.4 is 20.5 Å². The van der Waals surface area contributed by atoms with E-state index in [1.807, 2.05) is 25.2 Å². The Hall–Kier alpha value is -3.03. The van der Waals surface area contributed by atoms with Crippen LogP contribution in [0.5, 0.6) is 11.5 Å². The summed E-state index contributed by atoms with van der Waals surface area (Å²) in [4.78, 5) is 8.70. The van der Waals surface area contributed by atoms with Crippen LogP contribution in [0.1, 0.15) is 5.56 Å². The number of fused-ring (bicyclic) bond motifs is 2. The summed E-state index contributed by atoms with van der Waals surface area (Å²) in [5, 5.41) is 8.09. The minimum absolute atomic E-state index is 0.287. The highest BCUT2D eigenvalue weighted by Gasteiger charge is 2.13. The van der Waals surface area contributed by atoms with Gasteiger partial charge in [-0.1, -0.05) is 6.07 Å². The molecule has 8 nitrogen and oxygen atoms in total. The minimum atomic E-state index is 0.287. The van der Waals surface area contributed by atoms with E-state index in [0.29, 0.717) is 24.0 Å². The number of nitrogen functional groups attached to an aromatic ring is 1. The smallest absolute Gasteiger partial charge is 0.231 e. The number of hydrogen-bond donors (Lipinski definition) is 2. The van der Waals surface area contributed by atoms with Crippen molar-refractivity contribution in [3.8, 4) is 11.5 Å². The number of ether oxygens (including phenoxy) is 2. The molecular weight excluding hydrogens is 296 g/mol. The molecule has 1 aliphatic heterocycles. The summed E-state index contributed by atoms with van der Waals surface area (Å²) >= 11 is 0. The zero-order chi connectivity index (χ0) is 15.8. The Morgan fingerprint density at radius 3 is 3.04 bits per heavy atom. The van der Waals surface area contributed by atoms with Crippen molar-refractivity contribution in [3.63, 3.8) is 0 Å². The lowest BCUT2D eigenvalue weighted by Gasteiger charge is -2.07. The molecule has 1 aromatic carbocycles. The summed E-state index contributed by atoms with van der Waals surface area (Å²) in [5.74, 6) is 2.51. The Kier molecular flexibility index (Phi) is 3.14. The molecule has 8 heteroatoms. The normalized spacial score (nSPS) is 12.7. The molecule has 0 fully saturated rings. The van der Waals surface area contributed by atoms with E-state index in [1.54, 1.807) is 10.9 Å². The van der Waals surface area contributed by atoms with Crippen molar-refractivity contribution < 1.29 is 9.47 Å². The Labute approximate surface area is 132 Å². The molecule has 3 heterocycles. The molecule has 0 atom stereocenters. The van der Waals surface area contributed by atoms with Crippen LogP contribution in [-0.2, 0) is 13.5 Å². The number of nitrogens with zero attached hydrogens (tertiary/aromatic N) is 4. The van der Waals surface area contributed by atoms with Crippen LogP contribution in [0.4, 0.5) is 11.8 Å². The predicted molar refractivity (Wildman–Crippen MR) is 85.5 cm³/mol. The third-order valence-electron chi connectivity index (χ3n) is 3.76. The number of hydrogen-bond acceptors (Lipinski definition) is 7. The number of aromatic nitrogens is 4. The van der Waals surface area contributed by atoms with E-state index in [9.17, 15) is 0 Å². The van der Waals surface area contributed by atoms with Gasteiger partial charge >= 0.3 is 0 Å². The van der Waals surface area contributed by atoms with Gasteiger partial charge < -0.3 is 20.5 Å². The number of rotatable bonds is 4. The van der Waals surface area contributed by atoms with Crippen LogP contribution in [0.2, 0.25) is 0 Å². The van der Waals surface area contributed by atoms with E-state index in [0.717, 1.165) is 28.9 Å². The van der Waals surface area contributed by atoms with E-state index in [4.69, 9.17) is 15.2 Å². The average Bonchev–Trinajstić information content (AvgIpc) is 3.14. The van der Waals surface area contributed by atoms with Gasteiger partial charge in [0.2, 0.25) is 12.7 Å². The van der Waals surface area contributed by atoms with Gasteiger partial charge in [-0.2, -0.15) is 15.1 Å². The lowest BCUT2D eigenvalue weighted by molar-refractivity contribution is 0.174. The van der Waals surface area contributed by atoms with E-state index < -0.39 is 0 Å². The molecule has 23 heavy (non-hydrogen) atoms. The van der Waals surface area contributed by atoms with Gasteiger partial charge in [0.25, 0.3) is 0 Å². The molecule has 118 valence electrons. The fourth-order valence-electron chi connectivity index (χ4n) is 2.54. The SMILES string of the molecule is Cn1ncc2c(N)nc(NCCc3ccc4c(c3)OCO4)nc21. The summed E-state index contributed by atoms with van der Waals surface area (Å²) in [7, 11) is 1.82. The fraction of sp³-hybridized carbons (Fsp3) is 0.267. The van der Waals surface area contributed by atoms with E-state index in [-0.39, 0.29) is 6.79 Å². The maximum atomic E-state index is 5.94. The number of nitrogens with one attached hydrogen (secondary N) is 1. The molecule has 0 bridgehead atoms. The van der Waals surface area contributed by atoms with E-state index >= 15 is 0 Å². The van der Waals surface area contributed by atoms with Gasteiger partial charge in [-0.05, 0) is 24.1 Å². The number of anilines is 2. The quantitative estimate of drug-likeness (QED) is 0.749. The molecule has 0 radical (unpaired) electrons. The van der Waals surface area contributed by atoms with Gasteiger partial charge in [0.15, 0.2) is 17.1 Å². The first-order valence-corrected chi connectivity index (χ1v) is 7.28. The second kappa shape index (κ2) is 5.31. The van der Waals surface area contributed by atoms with Crippen LogP contribution in [-0.4, -0.2) is 33.1 Å². The third-order valence-corrected chi connectivity index (χ3v) is 3.76. The Bertz CT molecular complexity index is 876. The summed E-state index contributed by atoms with van der Waals surface area (Å²) in [6.45, 7) is 0.970. The van der Waals surface area contributed by atoms with Crippen LogP contribution >= 0.6 is 0 Å². The maximum absolute atomic E-state index is 5.94. The van der Waals surface area contributed by atoms with Crippen LogP contribution in [0.3, 0.4) is 0 Å². The molecule has 0 spiro atoms. The molecule has 2 aromatic heterocycles. The molecule has 0 saturated heterocycles. The first kappa shape index (κ1) is 13.6.